The smallest absolute Gasteiger partial charge is 0.323 e. The van der Waals surface area contributed by atoms with E-state index in [0.717, 1.165) is 16.7 Å². The summed E-state index contributed by atoms with van der Waals surface area (Å²) >= 11 is 0. The minimum Gasteiger partial charge on any atom is -0.493 e. The Morgan fingerprint density at radius 2 is 1.18 bits per heavy atom. The average molecular weight is 508 g/mol. The fourth-order valence-electron chi connectivity index (χ4n) is 3.79. The second kappa shape index (κ2) is 11.2. The van der Waals surface area contributed by atoms with Gasteiger partial charge in [-0.1, -0.05) is 18.2 Å². The van der Waals surface area contributed by atoms with Crippen LogP contribution in [0.25, 0.3) is 10.9 Å². The first-order valence-electron chi connectivity index (χ1n) is 11.8. The molecule has 38 heavy (non-hydrogen) atoms. The molecule has 2 N–H and O–H groups in total. The number of fused-ring (bicyclic) bond motifs is 1. The highest BCUT2D eigenvalue weighted by molar-refractivity contribution is 5.99. The normalized spacial score (nSPS) is 10.5. The lowest BCUT2D eigenvalue weighted by atomic mass is 10.2. The number of nitrogens with one attached hydrogen (secondary N) is 2. The SMILES string of the molecule is COc1cc2nccc(Oc3ccc(NC(=O)Nc4ccc(Oc5ccccc5)cc4)cc3)c2cc1OC. The number of hydrogen-bond donors (Lipinski definition) is 2. The zero-order chi connectivity index (χ0) is 26.3. The van der Waals surface area contributed by atoms with Gasteiger partial charge in [0.05, 0.1) is 19.7 Å². The molecule has 1 aromatic heterocycles. The largest absolute Gasteiger partial charge is 0.493 e. The molecule has 8 heteroatoms. The van der Waals surface area contributed by atoms with Crippen LogP contribution in [0.3, 0.4) is 0 Å². The van der Waals surface area contributed by atoms with Crippen molar-refractivity contribution >= 4 is 28.3 Å². The van der Waals surface area contributed by atoms with Crippen LogP contribution < -0.4 is 29.6 Å². The van der Waals surface area contributed by atoms with Crippen LogP contribution >= 0.6 is 0 Å². The van der Waals surface area contributed by atoms with Crippen LogP contribution in [0.4, 0.5) is 16.2 Å². The molecule has 0 aliphatic carbocycles. The Balaban J connectivity index is 1.20. The number of anilines is 2. The third-order valence-corrected chi connectivity index (χ3v) is 5.64. The summed E-state index contributed by atoms with van der Waals surface area (Å²) in [7, 11) is 3.16. The predicted octanol–water partition coefficient (Wildman–Crippen LogP) is 7.48. The van der Waals surface area contributed by atoms with Crippen LogP contribution in [0.5, 0.6) is 34.5 Å². The van der Waals surface area contributed by atoms with E-state index < -0.39 is 0 Å². The molecule has 0 saturated carbocycles. The molecule has 8 nitrogen and oxygen atoms in total. The van der Waals surface area contributed by atoms with Crippen molar-refractivity contribution in [1.82, 2.24) is 4.98 Å². The molecule has 0 saturated heterocycles. The lowest BCUT2D eigenvalue weighted by Crippen LogP contribution is -2.19. The number of benzene rings is 4. The summed E-state index contributed by atoms with van der Waals surface area (Å²) < 4.78 is 22.7. The minimum absolute atomic E-state index is 0.364. The number of urea groups is 1. The molecule has 0 fully saturated rings. The van der Waals surface area contributed by atoms with E-state index in [9.17, 15) is 4.79 Å². The van der Waals surface area contributed by atoms with Gasteiger partial charge in [0.15, 0.2) is 11.5 Å². The van der Waals surface area contributed by atoms with E-state index in [1.165, 1.54) is 0 Å². The Morgan fingerprint density at radius 3 is 1.79 bits per heavy atom. The van der Waals surface area contributed by atoms with Crippen LogP contribution in [0, 0.1) is 0 Å². The average Bonchev–Trinajstić information content (AvgIpc) is 2.95. The highest BCUT2D eigenvalue weighted by atomic mass is 16.5. The van der Waals surface area contributed by atoms with E-state index in [0.29, 0.717) is 40.1 Å². The summed E-state index contributed by atoms with van der Waals surface area (Å²) in [6.07, 6.45) is 1.67. The zero-order valence-corrected chi connectivity index (χ0v) is 20.8. The van der Waals surface area contributed by atoms with E-state index >= 15 is 0 Å². The van der Waals surface area contributed by atoms with E-state index in [1.807, 2.05) is 36.4 Å². The molecule has 0 atom stereocenters. The molecule has 5 rings (SSSR count). The molecular formula is C30H25N3O5. The lowest BCUT2D eigenvalue weighted by Gasteiger charge is -2.13. The molecule has 5 aromatic rings. The van der Waals surface area contributed by atoms with Crippen LogP contribution in [0.2, 0.25) is 0 Å². The van der Waals surface area contributed by atoms with Crippen LogP contribution in [-0.4, -0.2) is 25.2 Å². The van der Waals surface area contributed by atoms with Gasteiger partial charge in [-0.2, -0.15) is 0 Å². The third kappa shape index (κ3) is 5.76. The van der Waals surface area contributed by atoms with Crippen molar-refractivity contribution in [1.29, 1.82) is 0 Å². The topological polar surface area (TPSA) is 90.9 Å². The van der Waals surface area contributed by atoms with Gasteiger partial charge in [0.1, 0.15) is 23.0 Å². The molecule has 4 aromatic carbocycles. The van der Waals surface area contributed by atoms with Crippen molar-refractivity contribution in [3.8, 4) is 34.5 Å². The number of aromatic nitrogens is 1. The number of carbonyl (C=O) groups is 1. The maximum absolute atomic E-state index is 12.5. The maximum Gasteiger partial charge on any atom is 0.323 e. The second-order valence-electron chi connectivity index (χ2n) is 8.18. The van der Waals surface area contributed by atoms with Crippen molar-refractivity contribution in [2.75, 3.05) is 24.9 Å². The van der Waals surface area contributed by atoms with Crippen molar-refractivity contribution < 1.29 is 23.7 Å². The van der Waals surface area contributed by atoms with E-state index in [2.05, 4.69) is 15.6 Å². The number of carbonyl (C=O) groups excluding carboxylic acids is 1. The molecule has 0 unspecified atom stereocenters. The molecule has 1 heterocycles. The van der Waals surface area contributed by atoms with E-state index in [1.54, 1.807) is 81.1 Å². The Bertz CT molecular complexity index is 1540. The summed E-state index contributed by atoms with van der Waals surface area (Å²) in [4.78, 5) is 16.9. The standard InChI is InChI=1S/C30H25N3O5/c1-35-28-18-25-26(19-29(28)36-2)31-17-16-27(25)38-24-14-10-21(11-15-24)33-30(34)32-20-8-12-23(13-9-20)37-22-6-4-3-5-7-22/h3-19H,1-2H3,(H2,32,33,34). The van der Waals surface area contributed by atoms with Gasteiger partial charge >= 0.3 is 6.03 Å². The fourth-order valence-corrected chi connectivity index (χ4v) is 3.79. The molecular weight excluding hydrogens is 482 g/mol. The minimum atomic E-state index is -0.364. The van der Waals surface area contributed by atoms with E-state index in [-0.39, 0.29) is 6.03 Å². The van der Waals surface area contributed by atoms with Gasteiger partial charge in [0.25, 0.3) is 0 Å². The highest BCUT2D eigenvalue weighted by Crippen LogP contribution is 2.37. The summed E-state index contributed by atoms with van der Waals surface area (Å²) in [5, 5.41) is 6.41. The van der Waals surface area contributed by atoms with Crippen molar-refractivity contribution in [3.63, 3.8) is 0 Å². The summed E-state index contributed by atoms with van der Waals surface area (Å²) in [6, 6.07) is 28.8. The van der Waals surface area contributed by atoms with Crippen LogP contribution in [-0.2, 0) is 0 Å². The van der Waals surface area contributed by atoms with Crippen molar-refractivity contribution in [2.45, 2.75) is 0 Å². The number of methoxy groups -OCH3 is 2. The first kappa shape index (κ1) is 24.5. The molecule has 190 valence electrons. The van der Waals surface area contributed by atoms with Gasteiger partial charge in [-0.3, -0.25) is 4.98 Å². The molecule has 2 amide bonds. The molecule has 0 aliphatic heterocycles. The second-order valence-corrected chi connectivity index (χ2v) is 8.18. The Hall–Kier alpha value is -5.24. The number of pyridine rings is 1. The molecule has 0 spiro atoms. The first-order valence-corrected chi connectivity index (χ1v) is 11.8. The number of para-hydroxylation sites is 1. The number of hydrogen-bond acceptors (Lipinski definition) is 6. The summed E-state index contributed by atoms with van der Waals surface area (Å²) in [5.74, 6) is 3.82. The Morgan fingerprint density at radius 1 is 0.632 bits per heavy atom. The van der Waals surface area contributed by atoms with Gasteiger partial charge in [0, 0.05) is 29.0 Å². The van der Waals surface area contributed by atoms with Crippen LogP contribution in [0.1, 0.15) is 0 Å². The number of amides is 2. The van der Waals surface area contributed by atoms with E-state index in [4.69, 9.17) is 18.9 Å². The van der Waals surface area contributed by atoms with Crippen LogP contribution in [0.15, 0.2) is 103 Å². The number of rotatable bonds is 8. The first-order chi connectivity index (χ1) is 18.6. The Kier molecular flexibility index (Phi) is 7.22. The fraction of sp³-hybridized carbons (Fsp3) is 0.0667. The molecule has 0 aliphatic rings. The number of nitrogens with zero attached hydrogens (tertiary/aromatic N) is 1. The quantitative estimate of drug-likeness (QED) is 0.226. The van der Waals surface area contributed by atoms with Gasteiger partial charge in [-0.25, -0.2) is 4.79 Å². The lowest BCUT2D eigenvalue weighted by molar-refractivity contribution is 0.262. The summed E-state index contributed by atoms with van der Waals surface area (Å²) in [5.41, 5.74) is 1.97. The zero-order valence-electron chi connectivity index (χ0n) is 20.8. The molecule has 0 radical (unpaired) electrons. The van der Waals surface area contributed by atoms with Gasteiger partial charge in [0.2, 0.25) is 0 Å². The Labute approximate surface area is 219 Å². The third-order valence-electron chi connectivity index (χ3n) is 5.64. The van der Waals surface area contributed by atoms with Gasteiger partial charge in [-0.15, -0.1) is 0 Å². The van der Waals surface area contributed by atoms with Gasteiger partial charge < -0.3 is 29.6 Å². The van der Waals surface area contributed by atoms with Crippen molar-refractivity contribution in [2.24, 2.45) is 0 Å². The van der Waals surface area contributed by atoms with Crippen molar-refractivity contribution in [3.05, 3.63) is 103 Å². The monoisotopic (exact) mass is 507 g/mol. The predicted molar refractivity (Wildman–Crippen MR) is 147 cm³/mol. The van der Waals surface area contributed by atoms with Gasteiger partial charge in [-0.05, 0) is 72.8 Å². The highest BCUT2D eigenvalue weighted by Gasteiger charge is 2.12. The number of ether oxygens (including phenoxy) is 4. The molecule has 0 bridgehead atoms. The summed E-state index contributed by atoms with van der Waals surface area (Å²) in [6.45, 7) is 0. The maximum atomic E-state index is 12.5.